The third kappa shape index (κ3) is 5.94. The minimum absolute atomic E-state index is 0.0648. The summed E-state index contributed by atoms with van der Waals surface area (Å²) < 4.78 is 57.2. The molecular formula is C46H53F2N3O11. The van der Waals surface area contributed by atoms with Crippen LogP contribution in [0.25, 0.3) is 10.9 Å². The number of amides is 1. The first kappa shape index (κ1) is 42.2. The predicted octanol–water partition coefficient (Wildman–Crippen LogP) is 5.65. The molecule has 2 N–H and O–H groups in total. The summed E-state index contributed by atoms with van der Waals surface area (Å²) in [7, 11) is 1.39. The van der Waals surface area contributed by atoms with Gasteiger partial charge in [0.2, 0.25) is 0 Å². The largest absolute Gasteiger partial charge is 0.519 e. The maximum atomic E-state index is 17.8. The number of allylic oxidation sites excluding steroid dienone is 4. The van der Waals surface area contributed by atoms with Crippen LogP contribution in [0.4, 0.5) is 19.3 Å². The van der Waals surface area contributed by atoms with Gasteiger partial charge in [-0.3, -0.25) is 14.4 Å². The van der Waals surface area contributed by atoms with Crippen LogP contribution in [0, 0.1) is 41.3 Å². The number of halogens is 2. The Bertz CT molecular complexity index is 2590. The molecule has 1 saturated heterocycles. The number of fused-ring (bicyclic) bond motifs is 6. The normalized spacial score (nSPS) is 34.1. The van der Waals surface area contributed by atoms with Gasteiger partial charge in [-0.1, -0.05) is 25.5 Å². The zero-order chi connectivity index (χ0) is 44.4. The number of piperazine rings is 1. The van der Waals surface area contributed by atoms with Crippen molar-refractivity contribution in [1.29, 1.82) is 0 Å². The molecule has 6 aliphatic rings. The average Bonchev–Trinajstić information content (AvgIpc) is 3.97. The summed E-state index contributed by atoms with van der Waals surface area (Å²) in [6.45, 7) is 8.77. The van der Waals surface area contributed by atoms with E-state index in [1.54, 1.807) is 38.7 Å². The second-order valence-corrected chi connectivity index (χ2v) is 19.0. The maximum Gasteiger partial charge on any atom is 0.519 e. The molecule has 9 atom stereocenters. The number of nitrogens with zero attached hydrogens (tertiary/aromatic N) is 3. The number of hydrogen-bond donors (Lipinski definition) is 2. The smallest absolute Gasteiger partial charge is 0.492 e. The fourth-order valence-corrected chi connectivity index (χ4v) is 12.4. The van der Waals surface area contributed by atoms with E-state index in [9.17, 15) is 34.2 Å². The first-order chi connectivity index (χ1) is 29.3. The highest BCUT2D eigenvalue weighted by Crippen LogP contribution is 2.71. The van der Waals surface area contributed by atoms with Gasteiger partial charge >= 0.3 is 11.9 Å². The lowest BCUT2D eigenvalue weighted by atomic mass is 9.44. The first-order valence-electron chi connectivity index (χ1n) is 21.6. The van der Waals surface area contributed by atoms with E-state index in [2.05, 4.69) is 0 Å². The third-order valence-electron chi connectivity index (χ3n) is 15.7. The van der Waals surface area contributed by atoms with Crippen molar-refractivity contribution >= 4 is 34.3 Å². The van der Waals surface area contributed by atoms with Crippen molar-refractivity contribution in [3.05, 3.63) is 79.8 Å². The maximum absolute atomic E-state index is 17.8. The van der Waals surface area contributed by atoms with Gasteiger partial charge in [0, 0.05) is 66.6 Å². The van der Waals surface area contributed by atoms with Gasteiger partial charge in [-0.25, -0.2) is 18.4 Å². The number of methoxy groups -OCH3 is 1. The molecule has 5 aliphatic carbocycles. The zero-order valence-corrected chi connectivity index (χ0v) is 35.8. The number of alkyl halides is 1. The molecule has 1 aliphatic heterocycles. The SMILES string of the molecule is COc1c(N2CCN(C(=O)OCc3oc(=O)oc3C)C(C)C2)c(F)cc2c(=O)cc(CC(=O)[C@]3(O)[C@@H](C)C[C@@H]4[C@H]5CCC6=CC(=O)C=C[C@@]6(C)[C@]5(F)[C@H](O)C[C@]43C)n(C3CC3)c12. The monoisotopic (exact) mass is 861 g/mol. The van der Waals surface area contributed by atoms with Crippen molar-refractivity contribution in [3.63, 3.8) is 0 Å². The lowest BCUT2D eigenvalue weighted by molar-refractivity contribution is -0.218. The molecule has 3 heterocycles. The van der Waals surface area contributed by atoms with Crippen LogP contribution in [0.15, 0.2) is 54.4 Å². The van der Waals surface area contributed by atoms with Crippen LogP contribution >= 0.6 is 0 Å². The summed E-state index contributed by atoms with van der Waals surface area (Å²) in [4.78, 5) is 69.0. The minimum Gasteiger partial charge on any atom is -0.492 e. The highest BCUT2D eigenvalue weighted by Gasteiger charge is 2.75. The van der Waals surface area contributed by atoms with E-state index < -0.39 is 80.9 Å². The molecule has 3 aromatic rings. The Morgan fingerprint density at radius 3 is 2.45 bits per heavy atom. The molecule has 16 heteroatoms. The third-order valence-corrected chi connectivity index (χ3v) is 15.7. The van der Waals surface area contributed by atoms with E-state index in [4.69, 9.17) is 18.3 Å². The highest BCUT2D eigenvalue weighted by molar-refractivity contribution is 6.01. The number of ketones is 2. The van der Waals surface area contributed by atoms with E-state index in [0.29, 0.717) is 36.0 Å². The van der Waals surface area contributed by atoms with E-state index in [-0.39, 0.29) is 79.3 Å². The Balaban J connectivity index is 1.02. The van der Waals surface area contributed by atoms with Crippen LogP contribution in [0.5, 0.6) is 5.75 Å². The van der Waals surface area contributed by atoms with Crippen molar-refractivity contribution in [2.75, 3.05) is 31.6 Å². The van der Waals surface area contributed by atoms with Gasteiger partial charge in [0.15, 0.2) is 52.4 Å². The molecule has 0 radical (unpaired) electrons. The van der Waals surface area contributed by atoms with Gasteiger partial charge in [-0.15, -0.1) is 0 Å². The number of carbonyl (C=O) groups is 3. The van der Waals surface area contributed by atoms with Crippen molar-refractivity contribution in [2.24, 2.45) is 28.6 Å². The van der Waals surface area contributed by atoms with Gasteiger partial charge < -0.3 is 42.9 Å². The second kappa shape index (κ2) is 14.5. The van der Waals surface area contributed by atoms with E-state index in [1.807, 2.05) is 4.57 Å². The Labute approximate surface area is 356 Å². The number of benzene rings is 1. The van der Waals surface area contributed by atoms with Crippen molar-refractivity contribution in [1.82, 2.24) is 9.47 Å². The Morgan fingerprint density at radius 1 is 1.05 bits per heavy atom. The fourth-order valence-electron chi connectivity index (χ4n) is 12.4. The minimum atomic E-state index is -2.13. The molecule has 1 aromatic carbocycles. The Morgan fingerprint density at radius 2 is 1.79 bits per heavy atom. The highest BCUT2D eigenvalue weighted by atomic mass is 19.1. The second-order valence-electron chi connectivity index (χ2n) is 19.0. The summed E-state index contributed by atoms with van der Waals surface area (Å²) in [6.07, 6.45) is 4.25. The van der Waals surface area contributed by atoms with Gasteiger partial charge in [-0.05, 0) is 89.4 Å². The topological polar surface area (TPSA) is 182 Å². The van der Waals surface area contributed by atoms with Crippen LogP contribution in [-0.4, -0.2) is 87.5 Å². The molecule has 0 spiro atoms. The summed E-state index contributed by atoms with van der Waals surface area (Å²) in [5.41, 5.74) is -5.71. The van der Waals surface area contributed by atoms with Gasteiger partial charge in [0.1, 0.15) is 11.3 Å². The number of aliphatic hydroxyl groups excluding tert-OH is 1. The molecule has 1 amide bonds. The van der Waals surface area contributed by atoms with Gasteiger partial charge in [0.25, 0.3) is 0 Å². The fraction of sp³-hybridized carbons (Fsp3) is 0.587. The van der Waals surface area contributed by atoms with Gasteiger partial charge in [-0.2, -0.15) is 0 Å². The Kier molecular flexibility index (Phi) is 9.86. The quantitative estimate of drug-likeness (QED) is 0.285. The van der Waals surface area contributed by atoms with E-state index in [1.165, 1.54) is 43.2 Å². The summed E-state index contributed by atoms with van der Waals surface area (Å²) in [5.74, 6) is -3.76. The summed E-state index contributed by atoms with van der Waals surface area (Å²) in [5, 5.41) is 24.8. The van der Waals surface area contributed by atoms with E-state index in [0.717, 1.165) is 12.8 Å². The number of pyridine rings is 1. The molecule has 9 rings (SSSR count). The van der Waals surface area contributed by atoms with Crippen molar-refractivity contribution < 1.29 is 51.7 Å². The predicted molar refractivity (Wildman–Crippen MR) is 220 cm³/mol. The molecule has 4 saturated carbocycles. The number of aromatic nitrogens is 1. The van der Waals surface area contributed by atoms with Crippen LogP contribution in [0.1, 0.15) is 89.5 Å². The molecular weight excluding hydrogens is 809 g/mol. The van der Waals surface area contributed by atoms with Crippen LogP contribution in [0.3, 0.4) is 0 Å². The number of anilines is 1. The summed E-state index contributed by atoms with van der Waals surface area (Å²) >= 11 is 0. The number of aryl methyl sites for hydroxylation is 1. The van der Waals surface area contributed by atoms with Crippen LogP contribution in [-0.2, 0) is 27.4 Å². The molecule has 1 unspecified atom stereocenters. The number of rotatable bonds is 8. The van der Waals surface area contributed by atoms with E-state index >= 15 is 8.78 Å². The summed E-state index contributed by atoms with van der Waals surface area (Å²) in [6, 6.07) is 1.89. The van der Waals surface area contributed by atoms with Gasteiger partial charge in [0.05, 0.1) is 24.1 Å². The lowest BCUT2D eigenvalue weighted by Crippen LogP contribution is -2.69. The van der Waals surface area contributed by atoms with Crippen molar-refractivity contribution in [2.45, 2.75) is 116 Å². The first-order valence-corrected chi connectivity index (χ1v) is 21.6. The molecule has 332 valence electrons. The number of ether oxygens (including phenoxy) is 2. The molecule has 2 aromatic heterocycles. The Hall–Kier alpha value is -5.09. The van der Waals surface area contributed by atoms with Crippen LogP contribution < -0.4 is 20.9 Å². The molecule has 0 bridgehead atoms. The number of Topliss-reactive ketones (excluding diaryl/α,β-unsaturated/α-hetero) is 1. The zero-order valence-electron chi connectivity index (χ0n) is 35.8. The number of aliphatic hydroxyl groups is 2. The standard InChI is InChI=1S/C46H53F2N3O11/c1-23-15-32-31-10-7-26-16-29(52)11-12-43(26,4)45(31,48)37(55)20-44(32,5)46(23,58)36(54)18-28-17-34(53)30-19-33(47)39(40(59-6)38(30)51(28)27-8-9-27)49-13-14-50(24(2)21-49)41(56)60-22-35-25(3)61-42(57)62-35/h11-12,16-17,19,23-24,27,31-32,37,55,58H,7-10,13-15,18,20-22H2,1-6H3/t23-,24?,31+,32+,37+,43+,44+,45+,46+/m0/s1. The average molecular weight is 862 g/mol. The number of hydrogen-bond acceptors (Lipinski definition) is 12. The van der Waals surface area contributed by atoms with Crippen LogP contribution in [0.2, 0.25) is 0 Å². The molecule has 5 fully saturated rings. The molecule has 14 nitrogen and oxygen atoms in total. The lowest BCUT2D eigenvalue weighted by Gasteiger charge is -2.62. The number of carbonyl (C=O) groups excluding carboxylic acids is 3. The van der Waals surface area contributed by atoms with Crippen molar-refractivity contribution in [3.8, 4) is 5.75 Å². The molecule has 62 heavy (non-hydrogen) atoms.